The van der Waals surface area contributed by atoms with Gasteiger partial charge in [-0.15, -0.1) is 0 Å². The van der Waals surface area contributed by atoms with E-state index >= 15 is 0 Å². The monoisotopic (exact) mass is 323 g/mol. The molecule has 116 valence electrons. The zero-order valence-corrected chi connectivity index (χ0v) is 11.9. The standard InChI is InChI=1S/C13H13ClF3NO3/c1-20-12(19)9-6-8(14)7-10(11(9)13(15,16)17)18-2-4-21-5-3-18/h6-7H,2-5H2,1H3. The van der Waals surface area contributed by atoms with E-state index in [1.54, 1.807) is 0 Å². The molecule has 1 aliphatic rings. The van der Waals surface area contributed by atoms with Crippen LogP contribution < -0.4 is 4.90 Å². The lowest BCUT2D eigenvalue weighted by Crippen LogP contribution is -2.38. The molecule has 0 amide bonds. The van der Waals surface area contributed by atoms with Crippen LogP contribution in [0.25, 0.3) is 0 Å². The Bertz CT molecular complexity index is 542. The summed E-state index contributed by atoms with van der Waals surface area (Å²) in [5.74, 6) is -1.07. The number of ether oxygens (including phenoxy) is 2. The number of methoxy groups -OCH3 is 1. The van der Waals surface area contributed by atoms with Gasteiger partial charge >= 0.3 is 12.1 Å². The molecule has 0 bridgehead atoms. The summed E-state index contributed by atoms with van der Waals surface area (Å²) in [6, 6.07) is 2.18. The van der Waals surface area contributed by atoms with Gasteiger partial charge in [-0.05, 0) is 12.1 Å². The lowest BCUT2D eigenvalue weighted by Gasteiger charge is -2.31. The number of carbonyl (C=O) groups is 1. The summed E-state index contributed by atoms with van der Waals surface area (Å²) in [7, 11) is 1.03. The van der Waals surface area contributed by atoms with Crippen LogP contribution in [-0.4, -0.2) is 39.4 Å². The summed E-state index contributed by atoms with van der Waals surface area (Å²) in [5, 5.41) is 0.0462. The molecular formula is C13H13ClF3NO3. The lowest BCUT2D eigenvalue weighted by molar-refractivity contribution is -0.137. The van der Waals surface area contributed by atoms with Crippen molar-refractivity contribution in [1.29, 1.82) is 0 Å². The van der Waals surface area contributed by atoms with E-state index in [2.05, 4.69) is 4.74 Å². The largest absolute Gasteiger partial charge is 0.465 e. The van der Waals surface area contributed by atoms with Crippen LogP contribution in [0.3, 0.4) is 0 Å². The van der Waals surface area contributed by atoms with E-state index in [4.69, 9.17) is 16.3 Å². The van der Waals surface area contributed by atoms with Gasteiger partial charge in [0.05, 0.1) is 37.1 Å². The number of hydrogen-bond acceptors (Lipinski definition) is 4. The van der Waals surface area contributed by atoms with E-state index in [1.165, 1.54) is 11.0 Å². The molecule has 8 heteroatoms. The van der Waals surface area contributed by atoms with Gasteiger partial charge in [0, 0.05) is 18.1 Å². The number of morpholine rings is 1. The molecule has 4 nitrogen and oxygen atoms in total. The van der Waals surface area contributed by atoms with E-state index in [1.807, 2.05) is 0 Å². The molecule has 1 heterocycles. The van der Waals surface area contributed by atoms with Crippen LogP contribution in [0.4, 0.5) is 18.9 Å². The molecule has 0 aliphatic carbocycles. The zero-order chi connectivity index (χ0) is 15.6. The molecule has 1 aliphatic heterocycles. The van der Waals surface area contributed by atoms with Crippen molar-refractivity contribution in [3.8, 4) is 0 Å². The number of rotatable bonds is 2. The Morgan fingerprint density at radius 1 is 1.33 bits per heavy atom. The summed E-state index contributed by atoms with van der Waals surface area (Å²) in [4.78, 5) is 13.1. The highest BCUT2D eigenvalue weighted by atomic mass is 35.5. The van der Waals surface area contributed by atoms with Gasteiger partial charge in [-0.2, -0.15) is 13.2 Å². The second kappa shape index (κ2) is 6.11. The summed E-state index contributed by atoms with van der Waals surface area (Å²) < 4.78 is 49.7. The molecule has 0 aromatic heterocycles. The number of hydrogen-bond donors (Lipinski definition) is 0. The van der Waals surface area contributed by atoms with Gasteiger partial charge in [0.2, 0.25) is 0 Å². The van der Waals surface area contributed by atoms with Crippen molar-refractivity contribution in [3.63, 3.8) is 0 Å². The second-order valence-corrected chi connectivity index (χ2v) is 4.87. The third-order valence-electron chi connectivity index (χ3n) is 3.12. The number of benzene rings is 1. The summed E-state index contributed by atoms with van der Waals surface area (Å²) >= 11 is 5.86. The van der Waals surface area contributed by atoms with Crippen LogP contribution >= 0.6 is 11.6 Å². The quantitative estimate of drug-likeness (QED) is 0.784. The maximum absolute atomic E-state index is 13.4. The van der Waals surface area contributed by atoms with Gasteiger partial charge in [0.1, 0.15) is 0 Å². The molecule has 0 atom stereocenters. The number of carbonyl (C=O) groups excluding carboxylic acids is 1. The first kappa shape index (κ1) is 15.9. The topological polar surface area (TPSA) is 38.8 Å². The van der Waals surface area contributed by atoms with Crippen LogP contribution in [0.2, 0.25) is 5.02 Å². The number of halogens is 4. The number of alkyl halides is 3. The van der Waals surface area contributed by atoms with Crippen molar-refractivity contribution in [2.24, 2.45) is 0 Å². The maximum Gasteiger partial charge on any atom is 0.419 e. The van der Waals surface area contributed by atoms with Gasteiger partial charge in [0.25, 0.3) is 0 Å². The smallest absolute Gasteiger partial charge is 0.419 e. The normalized spacial score (nSPS) is 16.0. The zero-order valence-electron chi connectivity index (χ0n) is 11.2. The molecule has 0 radical (unpaired) electrons. The molecular weight excluding hydrogens is 311 g/mol. The molecule has 0 unspecified atom stereocenters. The summed E-state index contributed by atoms with van der Waals surface area (Å²) in [6.45, 7) is 1.23. The van der Waals surface area contributed by atoms with Gasteiger partial charge in [-0.25, -0.2) is 4.79 Å². The Balaban J connectivity index is 2.61. The Morgan fingerprint density at radius 3 is 2.48 bits per heavy atom. The van der Waals surface area contributed by atoms with E-state index in [9.17, 15) is 18.0 Å². The van der Waals surface area contributed by atoms with Crippen LogP contribution in [0.5, 0.6) is 0 Å². The Labute approximate surface area is 124 Å². The molecule has 1 aromatic carbocycles. The Morgan fingerprint density at radius 2 is 1.95 bits per heavy atom. The third kappa shape index (κ3) is 3.41. The van der Waals surface area contributed by atoms with Crippen molar-refractivity contribution in [3.05, 3.63) is 28.3 Å². The fourth-order valence-electron chi connectivity index (χ4n) is 2.21. The first-order valence-corrected chi connectivity index (χ1v) is 6.54. The molecule has 0 spiro atoms. The van der Waals surface area contributed by atoms with Gasteiger partial charge in [-0.3, -0.25) is 0 Å². The lowest BCUT2D eigenvalue weighted by atomic mass is 10.0. The highest BCUT2D eigenvalue weighted by molar-refractivity contribution is 6.31. The van der Waals surface area contributed by atoms with Gasteiger partial charge < -0.3 is 14.4 Å². The first-order valence-electron chi connectivity index (χ1n) is 6.16. The number of nitrogens with zero attached hydrogens (tertiary/aromatic N) is 1. The number of anilines is 1. The van der Waals surface area contributed by atoms with E-state index in [0.29, 0.717) is 26.3 Å². The summed E-state index contributed by atoms with van der Waals surface area (Å²) in [5.41, 5.74) is -1.74. The molecule has 2 rings (SSSR count). The molecule has 1 saturated heterocycles. The predicted molar refractivity (Wildman–Crippen MR) is 70.8 cm³/mol. The van der Waals surface area contributed by atoms with Gasteiger partial charge in [0.15, 0.2) is 0 Å². The fraction of sp³-hybridized carbons (Fsp3) is 0.462. The van der Waals surface area contributed by atoms with Gasteiger partial charge in [-0.1, -0.05) is 11.6 Å². The Kier molecular flexibility index (Phi) is 4.63. The van der Waals surface area contributed by atoms with Crippen molar-refractivity contribution in [2.75, 3.05) is 38.3 Å². The predicted octanol–water partition coefficient (Wildman–Crippen LogP) is 2.98. The SMILES string of the molecule is COC(=O)c1cc(Cl)cc(N2CCOCC2)c1C(F)(F)F. The van der Waals surface area contributed by atoms with Crippen molar-refractivity contribution in [1.82, 2.24) is 0 Å². The number of esters is 1. The Hall–Kier alpha value is -1.47. The first-order chi connectivity index (χ1) is 9.84. The minimum atomic E-state index is -4.69. The highest BCUT2D eigenvalue weighted by Gasteiger charge is 2.40. The summed E-state index contributed by atoms with van der Waals surface area (Å²) in [6.07, 6.45) is -4.69. The highest BCUT2D eigenvalue weighted by Crippen LogP contribution is 2.41. The molecule has 0 N–H and O–H groups in total. The minimum Gasteiger partial charge on any atom is -0.465 e. The second-order valence-electron chi connectivity index (χ2n) is 4.44. The van der Waals surface area contributed by atoms with E-state index in [-0.39, 0.29) is 10.7 Å². The van der Waals surface area contributed by atoms with Crippen LogP contribution in [0, 0.1) is 0 Å². The minimum absolute atomic E-state index is 0.0462. The molecule has 21 heavy (non-hydrogen) atoms. The maximum atomic E-state index is 13.4. The van der Waals surface area contributed by atoms with Crippen LogP contribution in [0.1, 0.15) is 15.9 Å². The third-order valence-corrected chi connectivity index (χ3v) is 3.34. The molecule has 1 aromatic rings. The average molecular weight is 324 g/mol. The molecule has 0 saturated carbocycles. The van der Waals surface area contributed by atoms with Crippen molar-refractivity contribution >= 4 is 23.3 Å². The average Bonchev–Trinajstić information content (AvgIpc) is 2.45. The molecule has 1 fully saturated rings. The van der Waals surface area contributed by atoms with E-state index in [0.717, 1.165) is 13.2 Å². The van der Waals surface area contributed by atoms with Crippen LogP contribution in [0.15, 0.2) is 12.1 Å². The van der Waals surface area contributed by atoms with E-state index < -0.39 is 23.3 Å². The van der Waals surface area contributed by atoms with Crippen molar-refractivity contribution in [2.45, 2.75) is 6.18 Å². The fourth-order valence-corrected chi connectivity index (χ4v) is 2.43. The van der Waals surface area contributed by atoms with Crippen LogP contribution in [-0.2, 0) is 15.7 Å². The van der Waals surface area contributed by atoms with Crippen molar-refractivity contribution < 1.29 is 27.4 Å².